The lowest BCUT2D eigenvalue weighted by Crippen LogP contribution is -2.36. The van der Waals surface area contributed by atoms with Crippen LogP contribution in [0.25, 0.3) is 16.6 Å². The largest absolute Gasteiger partial charge is 0.481 e. The van der Waals surface area contributed by atoms with Crippen molar-refractivity contribution < 1.29 is 4.74 Å². The van der Waals surface area contributed by atoms with Crippen LogP contribution in [0.15, 0.2) is 53.3 Å². The Morgan fingerprint density at radius 2 is 2.06 bits per heavy atom. The molecule has 0 aliphatic carbocycles. The van der Waals surface area contributed by atoms with Gasteiger partial charge in [-0.1, -0.05) is 41.4 Å². The van der Waals surface area contributed by atoms with E-state index < -0.39 is 0 Å². The Bertz CT molecular complexity index is 1380. The van der Waals surface area contributed by atoms with Crippen molar-refractivity contribution in [1.29, 1.82) is 0 Å². The number of para-hydroxylation sites is 1. The van der Waals surface area contributed by atoms with Gasteiger partial charge >= 0.3 is 5.69 Å². The summed E-state index contributed by atoms with van der Waals surface area (Å²) in [4.78, 5) is 22.8. The molecule has 4 aromatic rings. The lowest BCUT2D eigenvalue weighted by molar-refractivity contribution is 0.206. The summed E-state index contributed by atoms with van der Waals surface area (Å²) in [6.45, 7) is 2.73. The number of H-pyrrole nitrogens is 1. The minimum atomic E-state index is -0.266. The average molecular weight is 498 g/mol. The Hall–Kier alpha value is -2.87. The number of aromatic nitrogens is 4. The van der Waals surface area contributed by atoms with Crippen LogP contribution in [-0.2, 0) is 6.42 Å². The molecule has 1 saturated heterocycles. The van der Waals surface area contributed by atoms with Crippen LogP contribution in [0, 0.1) is 0 Å². The van der Waals surface area contributed by atoms with E-state index in [2.05, 4.69) is 14.9 Å². The Morgan fingerprint density at radius 1 is 1.18 bits per heavy atom. The molecule has 176 valence electrons. The number of ether oxygens (including phenoxy) is 1. The molecule has 0 saturated carbocycles. The third-order valence-corrected chi connectivity index (χ3v) is 6.94. The maximum Gasteiger partial charge on any atom is 0.348 e. The molecule has 1 atom stereocenters. The topological polar surface area (TPSA) is 76.0 Å². The molecule has 2 aromatic carbocycles. The number of nitrogens with one attached hydrogen (secondary N) is 1. The molecule has 9 heteroatoms. The van der Waals surface area contributed by atoms with Crippen molar-refractivity contribution in [1.82, 2.24) is 24.6 Å². The first-order valence-electron chi connectivity index (χ1n) is 11.3. The highest BCUT2D eigenvalue weighted by atomic mass is 35.5. The van der Waals surface area contributed by atoms with Gasteiger partial charge in [-0.3, -0.25) is 4.98 Å². The molecule has 0 radical (unpaired) electrons. The van der Waals surface area contributed by atoms with Crippen LogP contribution in [0.2, 0.25) is 10.0 Å². The molecule has 3 heterocycles. The van der Waals surface area contributed by atoms with Crippen molar-refractivity contribution in [2.45, 2.75) is 25.2 Å². The van der Waals surface area contributed by atoms with E-state index in [-0.39, 0.29) is 11.6 Å². The van der Waals surface area contributed by atoms with Gasteiger partial charge in [0, 0.05) is 40.5 Å². The summed E-state index contributed by atoms with van der Waals surface area (Å²) in [5.41, 5.74) is 2.13. The molecule has 1 unspecified atom stereocenters. The van der Waals surface area contributed by atoms with Gasteiger partial charge in [0.1, 0.15) is 11.3 Å². The van der Waals surface area contributed by atoms with Crippen molar-refractivity contribution in [3.8, 4) is 11.6 Å². The van der Waals surface area contributed by atoms with Crippen molar-refractivity contribution in [2.24, 2.45) is 0 Å². The van der Waals surface area contributed by atoms with E-state index in [1.807, 2.05) is 36.4 Å². The van der Waals surface area contributed by atoms with Crippen LogP contribution in [0.4, 0.5) is 0 Å². The highest BCUT2D eigenvalue weighted by Crippen LogP contribution is 2.27. The quantitative estimate of drug-likeness (QED) is 0.412. The van der Waals surface area contributed by atoms with Gasteiger partial charge in [-0.05, 0) is 55.6 Å². The van der Waals surface area contributed by atoms with Crippen LogP contribution in [0.5, 0.6) is 5.88 Å². The zero-order chi connectivity index (χ0) is 23.7. The smallest absolute Gasteiger partial charge is 0.348 e. The zero-order valence-corrected chi connectivity index (χ0v) is 20.3. The SMILES string of the molecule is COc1ccc2cccc(-n3nc(C4CCCN(CCc5ccc(Cl)cc5Cl)C4)[nH]c3=O)c2n1. The molecule has 1 aliphatic rings. The highest BCUT2D eigenvalue weighted by molar-refractivity contribution is 6.35. The first-order valence-corrected chi connectivity index (χ1v) is 12.1. The third-order valence-electron chi connectivity index (χ3n) is 6.35. The van der Waals surface area contributed by atoms with Gasteiger partial charge in [0.15, 0.2) is 0 Å². The zero-order valence-electron chi connectivity index (χ0n) is 18.8. The number of piperidine rings is 1. The number of halogens is 2. The first-order chi connectivity index (χ1) is 16.5. The molecule has 5 rings (SSSR count). The van der Waals surface area contributed by atoms with Gasteiger partial charge in [0.25, 0.3) is 0 Å². The van der Waals surface area contributed by atoms with Gasteiger partial charge < -0.3 is 9.64 Å². The summed E-state index contributed by atoms with van der Waals surface area (Å²) in [6.07, 6.45) is 2.87. The van der Waals surface area contributed by atoms with Crippen molar-refractivity contribution >= 4 is 34.1 Å². The van der Waals surface area contributed by atoms with Crippen molar-refractivity contribution in [3.05, 3.63) is 80.4 Å². The minimum absolute atomic E-state index is 0.154. The lowest BCUT2D eigenvalue weighted by atomic mass is 9.97. The van der Waals surface area contributed by atoms with Crippen LogP contribution in [-0.4, -0.2) is 51.4 Å². The molecule has 1 aliphatic heterocycles. The second-order valence-corrected chi connectivity index (χ2v) is 9.40. The Kier molecular flexibility index (Phi) is 6.59. The van der Waals surface area contributed by atoms with E-state index in [1.54, 1.807) is 19.2 Å². The number of methoxy groups -OCH3 is 1. The lowest BCUT2D eigenvalue weighted by Gasteiger charge is -2.31. The number of nitrogens with zero attached hydrogens (tertiary/aromatic N) is 4. The number of benzene rings is 2. The number of hydrogen-bond acceptors (Lipinski definition) is 5. The maximum atomic E-state index is 12.9. The molecule has 1 N–H and O–H groups in total. The number of hydrogen-bond donors (Lipinski definition) is 1. The molecule has 7 nitrogen and oxygen atoms in total. The summed E-state index contributed by atoms with van der Waals surface area (Å²) in [5, 5.41) is 6.95. The van der Waals surface area contributed by atoms with Gasteiger partial charge in [-0.25, -0.2) is 9.78 Å². The number of pyridine rings is 1. The normalized spacial score (nSPS) is 16.7. The molecular weight excluding hydrogens is 473 g/mol. The van der Waals surface area contributed by atoms with Crippen LogP contribution in [0.1, 0.15) is 30.1 Å². The highest BCUT2D eigenvalue weighted by Gasteiger charge is 2.25. The van der Waals surface area contributed by atoms with Gasteiger partial charge in [-0.15, -0.1) is 5.10 Å². The molecule has 0 amide bonds. The van der Waals surface area contributed by atoms with E-state index >= 15 is 0 Å². The minimum Gasteiger partial charge on any atom is -0.481 e. The summed E-state index contributed by atoms with van der Waals surface area (Å²) < 4.78 is 6.69. The first kappa shape index (κ1) is 22.9. The Balaban J connectivity index is 1.35. The third kappa shape index (κ3) is 4.69. The molecule has 34 heavy (non-hydrogen) atoms. The number of aromatic amines is 1. The second-order valence-electron chi connectivity index (χ2n) is 8.56. The van der Waals surface area contributed by atoms with E-state index in [4.69, 9.17) is 33.0 Å². The monoisotopic (exact) mass is 497 g/mol. The molecule has 0 bridgehead atoms. The fourth-order valence-electron chi connectivity index (χ4n) is 4.57. The van der Waals surface area contributed by atoms with Gasteiger partial charge in [0.05, 0.1) is 12.8 Å². The van der Waals surface area contributed by atoms with Gasteiger partial charge in [-0.2, -0.15) is 4.68 Å². The summed E-state index contributed by atoms with van der Waals surface area (Å²) >= 11 is 12.4. The molecule has 0 spiro atoms. The van der Waals surface area contributed by atoms with E-state index in [9.17, 15) is 4.79 Å². The summed E-state index contributed by atoms with van der Waals surface area (Å²) in [5.74, 6) is 1.35. The summed E-state index contributed by atoms with van der Waals surface area (Å²) in [6, 6.07) is 15.1. The average Bonchev–Trinajstić information content (AvgIpc) is 3.24. The number of fused-ring (bicyclic) bond motifs is 1. The van der Waals surface area contributed by atoms with E-state index in [1.165, 1.54) is 4.68 Å². The Morgan fingerprint density at radius 3 is 2.88 bits per heavy atom. The van der Waals surface area contributed by atoms with E-state index in [0.29, 0.717) is 33.0 Å². The standard InChI is InChI=1S/C25H25Cl2N5O2/c1-34-22-10-8-17-4-2-6-21(23(17)28-22)32-25(33)29-24(30-32)18-5-3-12-31(15-18)13-11-16-7-9-19(26)14-20(16)27/h2,4,6-10,14,18H,3,5,11-13,15H2,1H3,(H,29,30,33). The molecule has 2 aromatic heterocycles. The van der Waals surface area contributed by atoms with Crippen LogP contribution >= 0.6 is 23.2 Å². The van der Waals surface area contributed by atoms with Crippen molar-refractivity contribution in [2.75, 3.05) is 26.7 Å². The van der Waals surface area contributed by atoms with Crippen LogP contribution in [0.3, 0.4) is 0 Å². The van der Waals surface area contributed by atoms with Gasteiger partial charge in [0.2, 0.25) is 5.88 Å². The van der Waals surface area contributed by atoms with E-state index in [0.717, 1.165) is 49.8 Å². The van der Waals surface area contributed by atoms with Crippen LogP contribution < -0.4 is 10.4 Å². The second kappa shape index (κ2) is 9.78. The molecule has 1 fully saturated rings. The number of rotatable bonds is 6. The predicted octanol–water partition coefficient (Wildman–Crippen LogP) is 4.85. The fourth-order valence-corrected chi connectivity index (χ4v) is 5.07. The predicted molar refractivity (Wildman–Crippen MR) is 135 cm³/mol. The number of likely N-dealkylation sites (tertiary alicyclic amines) is 1. The molecular formula is C25H25Cl2N5O2. The summed E-state index contributed by atoms with van der Waals surface area (Å²) in [7, 11) is 1.57. The van der Waals surface area contributed by atoms with Crippen molar-refractivity contribution in [3.63, 3.8) is 0 Å². The maximum absolute atomic E-state index is 12.9. The Labute approximate surface area is 207 Å². The fraction of sp³-hybridized carbons (Fsp3) is 0.320.